The molecule has 0 spiro atoms. The van der Waals surface area contributed by atoms with Crippen molar-refractivity contribution in [1.82, 2.24) is 4.31 Å². The normalized spacial score (nSPS) is 19.3. The van der Waals surface area contributed by atoms with Crippen molar-refractivity contribution in [3.05, 3.63) is 76.3 Å². The molecule has 0 saturated heterocycles. The average molecular weight is 560 g/mol. The van der Waals surface area contributed by atoms with Crippen LogP contribution in [-0.4, -0.2) is 37.6 Å². The number of nitrogens with zero attached hydrogens (tertiary/aromatic N) is 1. The zero-order valence-electron chi connectivity index (χ0n) is 23.2. The van der Waals surface area contributed by atoms with Crippen molar-refractivity contribution in [2.45, 2.75) is 71.4 Å². The van der Waals surface area contributed by atoms with Gasteiger partial charge in [-0.15, -0.1) is 0 Å². The van der Waals surface area contributed by atoms with Crippen molar-refractivity contribution >= 4 is 33.4 Å². The highest BCUT2D eigenvalue weighted by atomic mass is 35.5. The second-order valence-corrected chi connectivity index (χ2v) is 13.7. The van der Waals surface area contributed by atoms with Crippen LogP contribution in [0.4, 0.5) is 0 Å². The number of ether oxygens (including phenoxy) is 1. The van der Waals surface area contributed by atoms with Gasteiger partial charge in [0.05, 0.1) is 24.0 Å². The number of benzene rings is 2. The van der Waals surface area contributed by atoms with E-state index in [1.165, 1.54) is 11.4 Å². The SMILES string of the molecule is COC(=O)[C@@H](CC(=O)C1=C[C@@H](C(C)(C)C)N(S(=O)(=O)c2ccccc2C)C1c1ccc(Cl)cc1)CC(C)C. The molecule has 3 atom stereocenters. The molecule has 1 heterocycles. The molecule has 38 heavy (non-hydrogen) atoms. The summed E-state index contributed by atoms with van der Waals surface area (Å²) in [6.07, 6.45) is 2.21. The zero-order chi connectivity index (χ0) is 28.4. The molecule has 0 aliphatic carbocycles. The first-order chi connectivity index (χ1) is 17.7. The summed E-state index contributed by atoms with van der Waals surface area (Å²) in [4.78, 5) is 26.7. The number of aryl methyl sites for hydroxylation is 1. The number of esters is 1. The first-order valence-corrected chi connectivity index (χ1v) is 14.7. The Kier molecular flexibility index (Phi) is 9.28. The van der Waals surface area contributed by atoms with Crippen LogP contribution in [0.5, 0.6) is 0 Å². The predicted octanol–water partition coefficient (Wildman–Crippen LogP) is 6.53. The number of methoxy groups -OCH3 is 1. The molecule has 1 aliphatic rings. The van der Waals surface area contributed by atoms with Gasteiger partial charge < -0.3 is 4.74 Å². The molecule has 0 aromatic heterocycles. The fourth-order valence-corrected chi connectivity index (χ4v) is 7.34. The maximum Gasteiger partial charge on any atom is 0.309 e. The van der Waals surface area contributed by atoms with Crippen LogP contribution >= 0.6 is 11.6 Å². The molecular weight excluding hydrogens is 522 g/mol. The number of hydrogen-bond donors (Lipinski definition) is 0. The third-order valence-electron chi connectivity index (χ3n) is 6.93. The van der Waals surface area contributed by atoms with Gasteiger partial charge in [-0.25, -0.2) is 8.42 Å². The van der Waals surface area contributed by atoms with E-state index in [2.05, 4.69) is 0 Å². The average Bonchev–Trinajstić information content (AvgIpc) is 3.26. The summed E-state index contributed by atoms with van der Waals surface area (Å²) in [5.74, 6) is -1.14. The summed E-state index contributed by atoms with van der Waals surface area (Å²) in [7, 11) is -2.72. The molecule has 206 valence electrons. The summed E-state index contributed by atoms with van der Waals surface area (Å²) < 4.78 is 35.1. The quantitative estimate of drug-likeness (QED) is 0.326. The van der Waals surface area contributed by atoms with Crippen LogP contribution in [0, 0.1) is 24.2 Å². The van der Waals surface area contributed by atoms with Gasteiger partial charge in [0.2, 0.25) is 10.0 Å². The number of halogens is 1. The highest BCUT2D eigenvalue weighted by Gasteiger charge is 2.49. The maximum atomic E-state index is 14.3. The van der Waals surface area contributed by atoms with Crippen molar-refractivity contribution in [3.8, 4) is 0 Å². The third kappa shape index (κ3) is 6.38. The molecule has 0 bridgehead atoms. The van der Waals surface area contributed by atoms with E-state index in [0.717, 1.165) is 0 Å². The molecular formula is C30H38ClNO5S. The molecule has 0 amide bonds. The Bertz CT molecular complexity index is 1310. The Morgan fingerprint density at radius 2 is 1.66 bits per heavy atom. The van der Waals surface area contributed by atoms with E-state index in [1.54, 1.807) is 61.5 Å². The van der Waals surface area contributed by atoms with E-state index in [0.29, 0.717) is 28.1 Å². The summed E-state index contributed by atoms with van der Waals surface area (Å²) in [5.41, 5.74) is 1.10. The van der Waals surface area contributed by atoms with Crippen molar-refractivity contribution < 1.29 is 22.7 Å². The number of carbonyl (C=O) groups excluding carboxylic acids is 2. The third-order valence-corrected chi connectivity index (χ3v) is 9.19. The van der Waals surface area contributed by atoms with Crippen LogP contribution in [0.2, 0.25) is 5.02 Å². The van der Waals surface area contributed by atoms with E-state index < -0.39 is 39.4 Å². The fraction of sp³-hybridized carbons (Fsp3) is 0.467. The number of Topliss-reactive ketones (excluding diaryl/α,β-unsaturated/α-hetero) is 1. The van der Waals surface area contributed by atoms with E-state index >= 15 is 0 Å². The standard InChI is InChI=1S/C30H38ClNO5S/c1-19(2)16-22(29(34)37-7)17-25(33)24-18-27(30(4,5)6)32(28(24)21-12-14-23(31)15-13-21)38(35,36)26-11-9-8-10-20(26)3/h8-15,18-19,22,27-28H,16-17H2,1-7H3/t22-,27+,28?/m1/s1. The van der Waals surface area contributed by atoms with Gasteiger partial charge in [0.15, 0.2) is 5.78 Å². The van der Waals surface area contributed by atoms with Gasteiger partial charge >= 0.3 is 5.97 Å². The Labute approximate surface area is 232 Å². The monoisotopic (exact) mass is 559 g/mol. The predicted molar refractivity (Wildman–Crippen MR) is 150 cm³/mol. The Hall–Kier alpha value is -2.48. The highest BCUT2D eigenvalue weighted by Crippen LogP contribution is 2.47. The Morgan fingerprint density at radius 1 is 1.05 bits per heavy atom. The molecule has 6 nitrogen and oxygen atoms in total. The first-order valence-electron chi connectivity index (χ1n) is 12.9. The highest BCUT2D eigenvalue weighted by molar-refractivity contribution is 7.89. The number of carbonyl (C=O) groups is 2. The van der Waals surface area contributed by atoms with Gasteiger partial charge in [-0.2, -0.15) is 4.31 Å². The summed E-state index contributed by atoms with van der Waals surface area (Å²) in [6, 6.07) is 12.3. The number of rotatable bonds is 9. The van der Waals surface area contributed by atoms with Crippen LogP contribution in [0.25, 0.3) is 0 Å². The topological polar surface area (TPSA) is 80.8 Å². The molecule has 2 aromatic rings. The van der Waals surface area contributed by atoms with Gasteiger partial charge in [0.25, 0.3) is 0 Å². The molecule has 8 heteroatoms. The summed E-state index contributed by atoms with van der Waals surface area (Å²) in [6.45, 7) is 11.6. The minimum Gasteiger partial charge on any atom is -0.469 e. The van der Waals surface area contributed by atoms with Gasteiger partial charge in [0.1, 0.15) is 0 Å². The van der Waals surface area contributed by atoms with Crippen LogP contribution < -0.4 is 0 Å². The fourth-order valence-electron chi connectivity index (χ4n) is 5.07. The van der Waals surface area contributed by atoms with Crippen molar-refractivity contribution in [2.75, 3.05) is 7.11 Å². The van der Waals surface area contributed by atoms with Crippen LogP contribution in [-0.2, 0) is 24.3 Å². The summed E-state index contributed by atoms with van der Waals surface area (Å²) in [5, 5.41) is 0.506. The largest absolute Gasteiger partial charge is 0.469 e. The van der Waals surface area contributed by atoms with Crippen LogP contribution in [0.3, 0.4) is 0 Å². The van der Waals surface area contributed by atoms with E-state index in [-0.39, 0.29) is 23.0 Å². The molecule has 3 rings (SSSR count). The Balaban J connectivity index is 2.20. The lowest BCUT2D eigenvalue weighted by atomic mass is 9.86. The van der Waals surface area contributed by atoms with Crippen molar-refractivity contribution in [1.29, 1.82) is 0 Å². The molecule has 2 aromatic carbocycles. The molecule has 0 radical (unpaired) electrons. The molecule has 1 aliphatic heterocycles. The smallest absolute Gasteiger partial charge is 0.309 e. The second-order valence-electron chi connectivity index (χ2n) is 11.5. The van der Waals surface area contributed by atoms with Crippen LogP contribution in [0.15, 0.2) is 65.1 Å². The molecule has 0 fully saturated rings. The van der Waals surface area contributed by atoms with E-state index in [4.69, 9.17) is 16.3 Å². The van der Waals surface area contributed by atoms with E-state index in [9.17, 15) is 18.0 Å². The minimum atomic E-state index is -4.04. The number of hydrogen-bond acceptors (Lipinski definition) is 5. The van der Waals surface area contributed by atoms with Gasteiger partial charge in [-0.3, -0.25) is 9.59 Å². The minimum absolute atomic E-state index is 0.0596. The zero-order valence-corrected chi connectivity index (χ0v) is 24.8. The summed E-state index contributed by atoms with van der Waals surface area (Å²) >= 11 is 6.16. The lowest BCUT2D eigenvalue weighted by Crippen LogP contribution is -2.45. The van der Waals surface area contributed by atoms with Crippen LogP contribution in [0.1, 0.15) is 64.6 Å². The van der Waals surface area contributed by atoms with E-state index in [1.807, 2.05) is 34.6 Å². The first kappa shape index (κ1) is 30.1. The second kappa shape index (κ2) is 11.7. The van der Waals surface area contributed by atoms with Gasteiger partial charge in [-0.1, -0.05) is 82.6 Å². The lowest BCUT2D eigenvalue weighted by molar-refractivity contribution is -0.147. The molecule has 0 saturated carbocycles. The van der Waals surface area contributed by atoms with Gasteiger partial charge in [0, 0.05) is 23.1 Å². The maximum absolute atomic E-state index is 14.3. The lowest BCUT2D eigenvalue weighted by Gasteiger charge is -2.37. The van der Waals surface area contributed by atoms with Gasteiger partial charge in [-0.05, 0) is 54.0 Å². The molecule has 0 N–H and O–H groups in total. The van der Waals surface area contributed by atoms with Crippen molar-refractivity contribution in [2.24, 2.45) is 17.3 Å². The molecule has 1 unspecified atom stereocenters. The Morgan fingerprint density at radius 3 is 2.18 bits per heavy atom. The number of ketones is 1. The van der Waals surface area contributed by atoms with Crippen molar-refractivity contribution in [3.63, 3.8) is 0 Å². The number of sulfonamides is 1.